The summed E-state index contributed by atoms with van der Waals surface area (Å²) < 4.78 is 5.30. The molecule has 30 heavy (non-hydrogen) atoms. The van der Waals surface area contributed by atoms with Crippen LogP contribution in [0, 0.1) is 25.7 Å². The van der Waals surface area contributed by atoms with Crippen LogP contribution in [0.4, 0.5) is 5.82 Å². The Morgan fingerprint density at radius 1 is 1.13 bits per heavy atom. The first kappa shape index (κ1) is 24.3. The molecular weight excluding hydrogens is 423 g/mol. The molecule has 2 aliphatic rings. The molecule has 6 nitrogen and oxygen atoms in total. The third-order valence-corrected chi connectivity index (χ3v) is 6.36. The maximum atomic E-state index is 12.0. The van der Waals surface area contributed by atoms with Crippen molar-refractivity contribution in [1.29, 1.82) is 0 Å². The van der Waals surface area contributed by atoms with E-state index in [2.05, 4.69) is 29.0 Å². The molecule has 0 bridgehead atoms. The zero-order valence-corrected chi connectivity index (χ0v) is 19.4. The number of likely N-dealkylation sites (tertiary alicyclic amines) is 1. The quantitative estimate of drug-likeness (QED) is 0.769. The summed E-state index contributed by atoms with van der Waals surface area (Å²) in [4.78, 5) is 21.5. The highest BCUT2D eigenvalue weighted by Crippen LogP contribution is 2.45. The fraction of sp³-hybridized carbons (Fsp3) is 0.455. The maximum absolute atomic E-state index is 12.0. The number of nitrogens with two attached hydrogens (primary N) is 1. The van der Waals surface area contributed by atoms with Crippen LogP contribution in [-0.2, 0) is 0 Å². The molecule has 0 unspecified atom stereocenters. The van der Waals surface area contributed by atoms with E-state index in [1.165, 1.54) is 5.56 Å². The van der Waals surface area contributed by atoms with E-state index in [9.17, 15) is 4.79 Å². The number of halogens is 2. The molecule has 2 saturated heterocycles. The molecule has 0 aliphatic carbocycles. The highest BCUT2D eigenvalue weighted by molar-refractivity contribution is 5.98. The largest absolute Gasteiger partial charge is 0.497 e. The number of amides is 1. The topological polar surface area (TPSA) is 71.7 Å². The van der Waals surface area contributed by atoms with Crippen LogP contribution in [0.5, 0.6) is 5.75 Å². The van der Waals surface area contributed by atoms with E-state index in [4.69, 9.17) is 15.5 Å². The van der Waals surface area contributed by atoms with E-state index in [-0.39, 0.29) is 24.8 Å². The van der Waals surface area contributed by atoms with Crippen molar-refractivity contribution in [2.45, 2.75) is 19.9 Å². The van der Waals surface area contributed by atoms with E-state index < -0.39 is 5.91 Å². The molecule has 1 aromatic carbocycles. The smallest absolute Gasteiger partial charge is 0.252 e. The van der Waals surface area contributed by atoms with Gasteiger partial charge in [-0.05, 0) is 56.1 Å². The summed E-state index contributed by atoms with van der Waals surface area (Å²) in [6, 6.07) is 10.6. The lowest BCUT2D eigenvalue weighted by molar-refractivity contribution is 0.100. The Morgan fingerprint density at radius 3 is 2.40 bits per heavy atom. The van der Waals surface area contributed by atoms with Crippen LogP contribution in [0.2, 0.25) is 0 Å². The number of fused-ring (bicyclic) bond motifs is 1. The number of carbonyl (C=O) groups is 1. The maximum Gasteiger partial charge on any atom is 0.252 e. The van der Waals surface area contributed by atoms with Crippen molar-refractivity contribution in [3.05, 3.63) is 52.7 Å². The lowest BCUT2D eigenvalue weighted by Gasteiger charge is -2.28. The number of pyridine rings is 1. The number of ether oxygens (including phenoxy) is 1. The number of methoxy groups -OCH3 is 1. The van der Waals surface area contributed by atoms with Crippen LogP contribution in [-0.4, -0.2) is 49.6 Å². The van der Waals surface area contributed by atoms with Gasteiger partial charge >= 0.3 is 0 Å². The standard InChI is InChI=1S/C22H28N4O2.2ClH/c1-13-9-18(21(23)27)22(24-14(13)2)26-11-16-10-25(3)20(19(16)12-26)15-5-7-17(28-4)8-6-15;;/h5-9,16,19-20H,10-12H2,1-4H3,(H2,23,27);2*1H/t16-,19+,20-;;/m0../s1. The van der Waals surface area contributed by atoms with E-state index in [1.807, 2.05) is 32.0 Å². The second-order valence-corrected chi connectivity index (χ2v) is 8.11. The molecule has 8 heteroatoms. The highest BCUT2D eigenvalue weighted by atomic mass is 35.5. The molecule has 0 spiro atoms. The monoisotopic (exact) mass is 452 g/mol. The van der Waals surface area contributed by atoms with Crippen molar-refractivity contribution >= 4 is 36.5 Å². The minimum Gasteiger partial charge on any atom is -0.497 e. The van der Waals surface area contributed by atoms with Crippen molar-refractivity contribution in [2.24, 2.45) is 17.6 Å². The molecule has 4 rings (SSSR count). The summed E-state index contributed by atoms with van der Waals surface area (Å²) in [5, 5.41) is 0. The normalized spacial score (nSPS) is 22.8. The number of benzene rings is 1. The van der Waals surface area contributed by atoms with E-state index in [0.29, 0.717) is 23.4 Å². The van der Waals surface area contributed by atoms with E-state index >= 15 is 0 Å². The van der Waals surface area contributed by atoms with Gasteiger partial charge in [0.2, 0.25) is 0 Å². The molecular formula is C22H30Cl2N4O2. The molecule has 2 aromatic rings. The van der Waals surface area contributed by atoms with Gasteiger partial charge in [-0.15, -0.1) is 24.8 Å². The first-order valence-electron chi connectivity index (χ1n) is 9.76. The predicted octanol–water partition coefficient (Wildman–Crippen LogP) is 3.39. The summed E-state index contributed by atoms with van der Waals surface area (Å²) in [6.07, 6.45) is 0. The van der Waals surface area contributed by atoms with Gasteiger partial charge in [0.15, 0.2) is 0 Å². The number of anilines is 1. The van der Waals surface area contributed by atoms with Crippen LogP contribution < -0.4 is 15.4 Å². The Labute approximate surface area is 190 Å². The molecule has 2 fully saturated rings. The average Bonchev–Trinajstić information content (AvgIpc) is 3.20. The number of rotatable bonds is 4. The number of primary amides is 1. The van der Waals surface area contributed by atoms with Crippen molar-refractivity contribution < 1.29 is 9.53 Å². The van der Waals surface area contributed by atoms with E-state index in [0.717, 1.165) is 42.5 Å². The van der Waals surface area contributed by atoms with Crippen molar-refractivity contribution in [3.8, 4) is 5.75 Å². The Morgan fingerprint density at radius 2 is 1.80 bits per heavy atom. The van der Waals surface area contributed by atoms with Gasteiger partial charge in [0.25, 0.3) is 5.91 Å². The van der Waals surface area contributed by atoms with Gasteiger partial charge in [-0.2, -0.15) is 0 Å². The first-order chi connectivity index (χ1) is 13.4. The first-order valence-corrected chi connectivity index (χ1v) is 9.76. The summed E-state index contributed by atoms with van der Waals surface area (Å²) >= 11 is 0. The Bertz CT molecular complexity index is 907. The molecule has 0 saturated carbocycles. The average molecular weight is 453 g/mol. The number of aryl methyl sites for hydroxylation is 2. The number of carbonyl (C=O) groups excluding carboxylic acids is 1. The highest BCUT2D eigenvalue weighted by Gasteiger charge is 2.46. The van der Waals surface area contributed by atoms with E-state index in [1.54, 1.807) is 7.11 Å². The molecule has 3 heterocycles. The minimum absolute atomic E-state index is 0. The van der Waals surface area contributed by atoms with Gasteiger partial charge in [0.05, 0.1) is 12.7 Å². The third kappa shape index (κ3) is 4.22. The molecule has 0 radical (unpaired) electrons. The van der Waals surface area contributed by atoms with Gasteiger partial charge < -0.3 is 15.4 Å². The molecule has 2 N–H and O–H groups in total. The third-order valence-electron chi connectivity index (χ3n) is 6.36. The fourth-order valence-corrected chi connectivity index (χ4v) is 4.85. The lowest BCUT2D eigenvalue weighted by Crippen LogP contribution is -2.31. The zero-order valence-electron chi connectivity index (χ0n) is 17.8. The summed E-state index contributed by atoms with van der Waals surface area (Å²) in [5.41, 5.74) is 9.43. The summed E-state index contributed by atoms with van der Waals surface area (Å²) in [5.74, 6) is 2.23. The SMILES string of the molecule is COc1ccc([C@H]2[C@@H]3CN(c4nc(C)c(C)cc4C(N)=O)C[C@@H]3CN2C)cc1.Cl.Cl. The van der Waals surface area contributed by atoms with Crippen molar-refractivity contribution in [3.63, 3.8) is 0 Å². The number of hydrogen-bond donors (Lipinski definition) is 1. The molecule has 164 valence electrons. The van der Waals surface area contributed by atoms with Gasteiger partial charge in [-0.1, -0.05) is 12.1 Å². The summed E-state index contributed by atoms with van der Waals surface area (Å²) in [6.45, 7) is 6.76. The number of nitrogens with zero attached hydrogens (tertiary/aromatic N) is 3. The second-order valence-electron chi connectivity index (χ2n) is 8.11. The second kappa shape index (κ2) is 9.41. The van der Waals surface area contributed by atoms with Gasteiger partial charge in [0, 0.05) is 37.3 Å². The van der Waals surface area contributed by atoms with Gasteiger partial charge in [-0.25, -0.2) is 4.98 Å². The molecule has 3 atom stereocenters. The fourth-order valence-electron chi connectivity index (χ4n) is 4.85. The predicted molar refractivity (Wildman–Crippen MR) is 124 cm³/mol. The van der Waals surface area contributed by atoms with Crippen LogP contribution >= 0.6 is 24.8 Å². The molecule has 1 amide bonds. The van der Waals surface area contributed by atoms with Gasteiger partial charge in [-0.3, -0.25) is 9.69 Å². The van der Waals surface area contributed by atoms with Crippen molar-refractivity contribution in [2.75, 3.05) is 38.7 Å². The van der Waals surface area contributed by atoms with Crippen LogP contribution in [0.25, 0.3) is 0 Å². The number of aromatic nitrogens is 1. The molecule has 2 aliphatic heterocycles. The van der Waals surface area contributed by atoms with Crippen LogP contribution in [0.3, 0.4) is 0 Å². The Kier molecular flexibility index (Phi) is 7.61. The minimum atomic E-state index is -0.411. The lowest BCUT2D eigenvalue weighted by atomic mass is 9.89. The van der Waals surface area contributed by atoms with Crippen molar-refractivity contribution in [1.82, 2.24) is 9.88 Å². The van der Waals surface area contributed by atoms with Gasteiger partial charge in [0.1, 0.15) is 11.6 Å². The van der Waals surface area contributed by atoms with Crippen LogP contribution in [0.1, 0.15) is 33.2 Å². The number of hydrogen-bond acceptors (Lipinski definition) is 5. The summed E-state index contributed by atoms with van der Waals surface area (Å²) in [7, 11) is 3.88. The van der Waals surface area contributed by atoms with Crippen LogP contribution in [0.15, 0.2) is 30.3 Å². The Hall–Kier alpha value is -2.02. The molecule has 1 aromatic heterocycles. The zero-order chi connectivity index (χ0) is 20.0. The Balaban J connectivity index is 0.00000160.